The van der Waals surface area contributed by atoms with Crippen LogP contribution in [0.5, 0.6) is 0 Å². The summed E-state index contributed by atoms with van der Waals surface area (Å²) in [4.78, 5) is 13.0. The van der Waals surface area contributed by atoms with Crippen molar-refractivity contribution in [1.82, 2.24) is 19.7 Å². The maximum absolute atomic E-state index is 12.0. The van der Waals surface area contributed by atoms with Gasteiger partial charge in [0.25, 0.3) is 5.91 Å². The molecule has 148 valence electrons. The summed E-state index contributed by atoms with van der Waals surface area (Å²) in [6.07, 6.45) is 0. The molecule has 1 atom stereocenters. The highest BCUT2D eigenvalue weighted by Gasteiger charge is 2.17. The van der Waals surface area contributed by atoms with E-state index >= 15 is 0 Å². The van der Waals surface area contributed by atoms with Crippen LogP contribution >= 0.6 is 12.2 Å². The Bertz CT molecular complexity index is 843. The Morgan fingerprint density at radius 1 is 1.26 bits per heavy atom. The Labute approximate surface area is 167 Å². The predicted octanol–water partition coefficient (Wildman–Crippen LogP) is 1.91. The summed E-state index contributed by atoms with van der Waals surface area (Å²) in [6.45, 7) is 11.4. The van der Waals surface area contributed by atoms with Crippen molar-refractivity contribution in [2.45, 2.75) is 52.7 Å². The average molecular weight is 391 g/mol. The molecular weight excluding hydrogens is 358 g/mol. The minimum Gasteiger partial charge on any atom is -0.349 e. The molecule has 0 aliphatic rings. The van der Waals surface area contributed by atoms with Crippen LogP contribution < -0.4 is 10.2 Å². The summed E-state index contributed by atoms with van der Waals surface area (Å²) in [6, 6.07) is 8.62. The Morgan fingerprint density at radius 3 is 2.37 bits per heavy atom. The maximum Gasteiger partial charge on any atom is 0.275 e. The van der Waals surface area contributed by atoms with Crippen molar-refractivity contribution in [3.63, 3.8) is 0 Å². The van der Waals surface area contributed by atoms with Gasteiger partial charge in [0, 0.05) is 18.7 Å². The third-order valence-corrected chi connectivity index (χ3v) is 4.87. The highest BCUT2D eigenvalue weighted by molar-refractivity contribution is 7.71. The highest BCUT2D eigenvalue weighted by atomic mass is 32.1. The Morgan fingerprint density at radius 2 is 1.85 bits per heavy atom. The van der Waals surface area contributed by atoms with E-state index in [0.717, 1.165) is 16.3 Å². The first-order chi connectivity index (χ1) is 12.5. The lowest BCUT2D eigenvalue weighted by Gasteiger charge is -2.19. The van der Waals surface area contributed by atoms with Crippen LogP contribution in [-0.4, -0.2) is 39.9 Å². The van der Waals surface area contributed by atoms with Gasteiger partial charge in [-0.3, -0.25) is 4.79 Å². The molecule has 6 nitrogen and oxygen atoms in total. The number of hydrogen-bond donors (Lipinski definition) is 2. The van der Waals surface area contributed by atoms with Gasteiger partial charge < -0.3 is 14.8 Å². The average Bonchev–Trinajstić information content (AvgIpc) is 2.81. The van der Waals surface area contributed by atoms with Gasteiger partial charge >= 0.3 is 0 Å². The van der Waals surface area contributed by atoms with Crippen LogP contribution in [0, 0.1) is 4.77 Å². The number of likely N-dealkylation sites (N-methyl/N-ethyl adjacent to an activating group) is 1. The molecule has 0 saturated heterocycles. The highest BCUT2D eigenvalue weighted by Crippen LogP contribution is 2.25. The summed E-state index contributed by atoms with van der Waals surface area (Å²) in [5, 5.41) is 7.62. The van der Waals surface area contributed by atoms with Gasteiger partial charge in [-0.2, -0.15) is 4.68 Å². The lowest BCUT2D eigenvalue weighted by molar-refractivity contribution is -0.895. The number of amides is 1. The van der Waals surface area contributed by atoms with Gasteiger partial charge in [0.1, 0.15) is 0 Å². The van der Waals surface area contributed by atoms with Gasteiger partial charge in [0.15, 0.2) is 19.0 Å². The van der Waals surface area contributed by atoms with Gasteiger partial charge in [0.2, 0.25) is 4.77 Å². The molecule has 0 aliphatic carbocycles. The smallest absolute Gasteiger partial charge is 0.275 e. The molecule has 1 unspecified atom stereocenters. The largest absolute Gasteiger partial charge is 0.349 e. The van der Waals surface area contributed by atoms with Crippen LogP contribution in [-0.2, 0) is 23.9 Å². The molecule has 0 spiro atoms. The fraction of sp³-hybridized carbons (Fsp3) is 0.550. The van der Waals surface area contributed by atoms with Crippen molar-refractivity contribution in [1.29, 1.82) is 0 Å². The number of benzene rings is 1. The number of quaternary nitrogens is 1. The van der Waals surface area contributed by atoms with E-state index in [2.05, 4.69) is 50.4 Å². The Balaban J connectivity index is 2.18. The van der Waals surface area contributed by atoms with E-state index in [0.29, 0.717) is 18.0 Å². The lowest BCUT2D eigenvalue weighted by atomic mass is 9.87. The second-order valence-electron chi connectivity index (χ2n) is 8.51. The molecule has 0 radical (unpaired) electrons. The Kier molecular flexibility index (Phi) is 6.59. The van der Waals surface area contributed by atoms with Crippen molar-refractivity contribution in [2.24, 2.45) is 7.05 Å². The monoisotopic (exact) mass is 390 g/mol. The van der Waals surface area contributed by atoms with Crippen molar-refractivity contribution in [2.75, 3.05) is 13.6 Å². The van der Waals surface area contributed by atoms with Crippen LogP contribution in [0.1, 0.15) is 40.2 Å². The van der Waals surface area contributed by atoms with E-state index in [-0.39, 0.29) is 17.4 Å². The number of carbonyl (C=O) groups excluding carboxylic acids is 1. The second-order valence-corrected chi connectivity index (χ2v) is 8.87. The molecule has 1 aromatic heterocycles. The molecule has 0 fully saturated rings. The minimum atomic E-state index is 0.0305. The zero-order valence-electron chi connectivity index (χ0n) is 17.5. The summed E-state index contributed by atoms with van der Waals surface area (Å²) in [5.41, 5.74) is 2.43. The van der Waals surface area contributed by atoms with Gasteiger partial charge in [-0.05, 0) is 37.0 Å². The summed E-state index contributed by atoms with van der Waals surface area (Å²) < 4.78 is 4.36. The molecule has 0 aliphatic heterocycles. The summed E-state index contributed by atoms with van der Waals surface area (Å²) >= 11 is 5.55. The van der Waals surface area contributed by atoms with Gasteiger partial charge in [-0.1, -0.05) is 45.0 Å². The zero-order valence-corrected chi connectivity index (χ0v) is 18.3. The third kappa shape index (κ3) is 5.49. The van der Waals surface area contributed by atoms with E-state index < -0.39 is 0 Å². The van der Waals surface area contributed by atoms with Crippen molar-refractivity contribution in [3.8, 4) is 11.4 Å². The molecule has 1 aromatic carbocycles. The standard InChI is InChI=1S/C20H31N5OS/c1-14(2)21-17(26)12-23(6)13-25-19(27)24(7)18(22-25)15-8-10-16(11-9-15)20(3,4)5/h8-11,14H,12-13H2,1-7H3,(H,21,26)/p+1. The van der Waals surface area contributed by atoms with Crippen LogP contribution in [0.2, 0.25) is 0 Å². The molecule has 1 heterocycles. The second kappa shape index (κ2) is 8.35. The van der Waals surface area contributed by atoms with E-state index in [1.165, 1.54) is 5.56 Å². The predicted molar refractivity (Wildman–Crippen MR) is 111 cm³/mol. The molecular formula is C20H32N5OS+. The lowest BCUT2D eigenvalue weighted by Crippen LogP contribution is -3.09. The minimum absolute atomic E-state index is 0.0305. The molecule has 27 heavy (non-hydrogen) atoms. The first kappa shape index (κ1) is 21.3. The molecule has 2 N–H and O–H groups in total. The molecule has 0 bridgehead atoms. The van der Waals surface area contributed by atoms with E-state index in [1.54, 1.807) is 4.68 Å². The maximum atomic E-state index is 12.0. The van der Waals surface area contributed by atoms with E-state index in [4.69, 9.17) is 17.3 Å². The van der Waals surface area contributed by atoms with Crippen LogP contribution in [0.15, 0.2) is 24.3 Å². The first-order valence-corrected chi connectivity index (χ1v) is 9.75. The topological polar surface area (TPSA) is 56.3 Å². The van der Waals surface area contributed by atoms with Crippen LogP contribution in [0.25, 0.3) is 11.4 Å². The summed E-state index contributed by atoms with van der Waals surface area (Å²) in [5.74, 6) is 0.864. The Hall–Kier alpha value is -1.99. The molecule has 2 aromatic rings. The molecule has 1 amide bonds. The zero-order chi connectivity index (χ0) is 20.4. The summed E-state index contributed by atoms with van der Waals surface area (Å²) in [7, 11) is 3.90. The van der Waals surface area contributed by atoms with Crippen molar-refractivity contribution >= 4 is 18.1 Å². The number of hydrogen-bond acceptors (Lipinski definition) is 3. The van der Waals surface area contributed by atoms with E-state index in [9.17, 15) is 4.79 Å². The SMILES string of the molecule is CC(C)NC(=O)C[NH+](C)Cn1nc(-c2ccc(C(C)(C)C)cc2)n(C)c1=S. The third-order valence-electron chi connectivity index (χ3n) is 4.38. The molecule has 7 heteroatoms. The quantitative estimate of drug-likeness (QED) is 0.741. The first-order valence-electron chi connectivity index (χ1n) is 9.34. The van der Waals surface area contributed by atoms with Crippen molar-refractivity contribution in [3.05, 3.63) is 34.6 Å². The molecule has 2 rings (SSSR count). The van der Waals surface area contributed by atoms with Crippen LogP contribution in [0.3, 0.4) is 0 Å². The fourth-order valence-corrected chi connectivity index (χ4v) is 3.11. The fourth-order valence-electron chi connectivity index (χ4n) is 2.92. The number of nitrogens with one attached hydrogen (secondary N) is 2. The molecule has 0 saturated carbocycles. The number of nitrogens with zero attached hydrogens (tertiary/aromatic N) is 3. The number of rotatable bonds is 6. The van der Waals surface area contributed by atoms with E-state index in [1.807, 2.05) is 32.5 Å². The van der Waals surface area contributed by atoms with Gasteiger partial charge in [0.05, 0.1) is 7.05 Å². The van der Waals surface area contributed by atoms with Gasteiger partial charge in [-0.15, -0.1) is 5.10 Å². The van der Waals surface area contributed by atoms with Gasteiger partial charge in [-0.25, -0.2) is 0 Å². The normalized spacial score (nSPS) is 13.0. The van der Waals surface area contributed by atoms with Crippen LogP contribution in [0.4, 0.5) is 0 Å². The van der Waals surface area contributed by atoms with Crippen molar-refractivity contribution < 1.29 is 9.69 Å². The number of aromatic nitrogens is 3. The number of carbonyl (C=O) groups is 1.